The zero-order valence-electron chi connectivity index (χ0n) is 12.5. The summed E-state index contributed by atoms with van der Waals surface area (Å²) in [6.45, 7) is 4.49. The Balaban J connectivity index is 2.21. The lowest BCUT2D eigenvalue weighted by atomic mass is 9.91. The average molecular weight is 276 g/mol. The van der Waals surface area contributed by atoms with E-state index in [1.807, 2.05) is 56.1 Å². The van der Waals surface area contributed by atoms with E-state index < -0.39 is 11.5 Å². The van der Waals surface area contributed by atoms with E-state index in [-0.39, 0.29) is 12.0 Å². The van der Waals surface area contributed by atoms with Gasteiger partial charge in [-0.1, -0.05) is 18.2 Å². The Kier molecular flexibility index (Phi) is 4.33. The number of carboxylic acids is 1. The van der Waals surface area contributed by atoms with E-state index in [1.54, 1.807) is 0 Å². The van der Waals surface area contributed by atoms with Gasteiger partial charge < -0.3 is 10.0 Å². The highest BCUT2D eigenvalue weighted by atomic mass is 16.4. The van der Waals surface area contributed by atoms with Gasteiger partial charge in [-0.3, -0.25) is 10.1 Å². The summed E-state index contributed by atoms with van der Waals surface area (Å²) in [5.41, 5.74) is 0.197. The minimum atomic E-state index is -0.848. The van der Waals surface area contributed by atoms with Crippen molar-refractivity contribution in [3.63, 3.8) is 0 Å². The normalized spacial score (nSPS) is 17.8. The van der Waals surface area contributed by atoms with Crippen molar-refractivity contribution in [2.75, 3.05) is 18.5 Å². The predicted octanol–water partition coefficient (Wildman–Crippen LogP) is 2.35. The van der Waals surface area contributed by atoms with E-state index in [2.05, 4.69) is 5.32 Å². The number of hydrogen-bond donors (Lipinski definition) is 2. The van der Waals surface area contributed by atoms with Gasteiger partial charge in [0.2, 0.25) is 0 Å². The standard InChI is InChI=1S/C16H24N2O2/c1-12(2)17-16(15(19)20,13-9-10-13)11-18(3)14-7-5-4-6-8-14/h4-8,12-13,17H,9-11H2,1-3H3,(H,19,20). The Hall–Kier alpha value is -1.55. The predicted molar refractivity (Wildman–Crippen MR) is 81.1 cm³/mol. The smallest absolute Gasteiger partial charge is 0.326 e. The maximum atomic E-state index is 11.9. The average Bonchev–Trinajstić information content (AvgIpc) is 3.22. The van der Waals surface area contributed by atoms with Crippen molar-refractivity contribution in [2.24, 2.45) is 5.92 Å². The van der Waals surface area contributed by atoms with Crippen molar-refractivity contribution in [1.29, 1.82) is 0 Å². The van der Waals surface area contributed by atoms with E-state index in [9.17, 15) is 9.90 Å². The van der Waals surface area contributed by atoms with Crippen molar-refractivity contribution < 1.29 is 9.90 Å². The summed E-state index contributed by atoms with van der Waals surface area (Å²) in [5.74, 6) is -0.509. The van der Waals surface area contributed by atoms with Crippen LogP contribution in [0.15, 0.2) is 30.3 Å². The molecule has 1 atom stereocenters. The number of rotatable bonds is 7. The molecule has 2 rings (SSSR count). The fraction of sp³-hybridized carbons (Fsp3) is 0.562. The molecule has 0 heterocycles. The lowest BCUT2D eigenvalue weighted by Crippen LogP contribution is -2.62. The Bertz CT molecular complexity index is 457. The first-order chi connectivity index (χ1) is 9.45. The molecule has 2 N–H and O–H groups in total. The molecule has 4 nitrogen and oxygen atoms in total. The Morgan fingerprint density at radius 2 is 2.00 bits per heavy atom. The van der Waals surface area contributed by atoms with Gasteiger partial charge in [0, 0.05) is 25.3 Å². The fourth-order valence-electron chi connectivity index (χ4n) is 2.84. The molecule has 0 saturated heterocycles. The van der Waals surface area contributed by atoms with Gasteiger partial charge in [-0.25, -0.2) is 0 Å². The van der Waals surface area contributed by atoms with Crippen LogP contribution in [0, 0.1) is 5.92 Å². The van der Waals surface area contributed by atoms with Crippen molar-refractivity contribution in [3.05, 3.63) is 30.3 Å². The molecule has 1 aliphatic carbocycles. The summed E-state index contributed by atoms with van der Waals surface area (Å²) in [7, 11) is 1.96. The van der Waals surface area contributed by atoms with Crippen molar-refractivity contribution in [3.8, 4) is 0 Å². The topological polar surface area (TPSA) is 52.6 Å². The number of benzene rings is 1. The number of para-hydroxylation sites is 1. The minimum absolute atomic E-state index is 0.149. The van der Waals surface area contributed by atoms with E-state index in [0.717, 1.165) is 18.5 Å². The summed E-state index contributed by atoms with van der Waals surface area (Å²) in [6.07, 6.45) is 1.99. The summed E-state index contributed by atoms with van der Waals surface area (Å²) < 4.78 is 0. The lowest BCUT2D eigenvalue weighted by molar-refractivity contribution is -0.145. The van der Waals surface area contributed by atoms with Gasteiger partial charge in [0.15, 0.2) is 0 Å². The van der Waals surface area contributed by atoms with Crippen molar-refractivity contribution >= 4 is 11.7 Å². The molecule has 110 valence electrons. The van der Waals surface area contributed by atoms with Crippen LogP contribution >= 0.6 is 0 Å². The number of likely N-dealkylation sites (N-methyl/N-ethyl adjacent to an activating group) is 1. The van der Waals surface area contributed by atoms with Crippen LogP contribution in [0.25, 0.3) is 0 Å². The molecule has 4 heteroatoms. The van der Waals surface area contributed by atoms with E-state index in [1.165, 1.54) is 0 Å². The molecule has 1 fully saturated rings. The number of carboxylic acid groups (broad SMARTS) is 1. The summed E-state index contributed by atoms with van der Waals surface area (Å²) in [6, 6.07) is 10.1. The molecule has 0 spiro atoms. The second kappa shape index (κ2) is 5.83. The molecule has 1 aromatic carbocycles. The molecule has 0 amide bonds. The number of aliphatic carboxylic acids is 1. The molecule has 20 heavy (non-hydrogen) atoms. The fourth-order valence-corrected chi connectivity index (χ4v) is 2.84. The molecule has 1 unspecified atom stereocenters. The van der Waals surface area contributed by atoms with Gasteiger partial charge in [0.1, 0.15) is 5.54 Å². The van der Waals surface area contributed by atoms with E-state index in [4.69, 9.17) is 0 Å². The van der Waals surface area contributed by atoms with Crippen LogP contribution in [0.4, 0.5) is 5.69 Å². The lowest BCUT2D eigenvalue weighted by Gasteiger charge is -2.37. The molecule has 1 aromatic rings. The highest BCUT2D eigenvalue weighted by Gasteiger charge is 2.52. The first kappa shape index (κ1) is 14.9. The van der Waals surface area contributed by atoms with Crippen LogP contribution in [0.1, 0.15) is 26.7 Å². The Morgan fingerprint density at radius 3 is 2.45 bits per heavy atom. The summed E-state index contributed by atoms with van der Waals surface area (Å²) >= 11 is 0. The van der Waals surface area contributed by atoms with Gasteiger partial charge in [-0.2, -0.15) is 0 Å². The maximum Gasteiger partial charge on any atom is 0.326 e. The second-order valence-electron chi connectivity index (χ2n) is 6.04. The number of nitrogens with one attached hydrogen (secondary N) is 1. The van der Waals surface area contributed by atoms with Gasteiger partial charge in [-0.15, -0.1) is 0 Å². The van der Waals surface area contributed by atoms with Crippen LogP contribution in [0.2, 0.25) is 0 Å². The third-order valence-corrected chi connectivity index (χ3v) is 3.89. The van der Waals surface area contributed by atoms with Gasteiger partial charge in [0.05, 0.1) is 0 Å². The highest BCUT2D eigenvalue weighted by molar-refractivity contribution is 5.81. The number of hydrogen-bond acceptors (Lipinski definition) is 3. The SMILES string of the molecule is CC(C)NC(CN(C)c1ccccc1)(C(=O)O)C1CC1. The van der Waals surface area contributed by atoms with Crippen LogP contribution < -0.4 is 10.2 Å². The van der Waals surface area contributed by atoms with Crippen LogP contribution in [-0.2, 0) is 4.79 Å². The number of anilines is 1. The zero-order valence-corrected chi connectivity index (χ0v) is 12.5. The van der Waals surface area contributed by atoms with Crippen molar-refractivity contribution in [2.45, 2.75) is 38.3 Å². The number of nitrogens with zero attached hydrogens (tertiary/aromatic N) is 1. The zero-order chi connectivity index (χ0) is 14.8. The van der Waals surface area contributed by atoms with Crippen LogP contribution in [-0.4, -0.2) is 36.2 Å². The largest absolute Gasteiger partial charge is 0.480 e. The molecule has 1 aliphatic rings. The van der Waals surface area contributed by atoms with Gasteiger partial charge in [0.25, 0.3) is 0 Å². The molecule has 0 radical (unpaired) electrons. The summed E-state index contributed by atoms with van der Waals surface area (Å²) in [5, 5.41) is 13.1. The minimum Gasteiger partial charge on any atom is -0.480 e. The number of carbonyl (C=O) groups is 1. The molecule has 1 saturated carbocycles. The van der Waals surface area contributed by atoms with E-state index in [0.29, 0.717) is 6.54 Å². The van der Waals surface area contributed by atoms with Gasteiger partial charge >= 0.3 is 5.97 Å². The first-order valence-electron chi connectivity index (χ1n) is 7.23. The Labute approximate surface area is 120 Å². The maximum absolute atomic E-state index is 11.9. The third-order valence-electron chi connectivity index (χ3n) is 3.89. The quantitative estimate of drug-likeness (QED) is 0.802. The van der Waals surface area contributed by atoms with Crippen molar-refractivity contribution in [1.82, 2.24) is 5.32 Å². The molecule has 0 bridgehead atoms. The molecule has 0 aliphatic heterocycles. The molecule has 0 aromatic heterocycles. The monoisotopic (exact) mass is 276 g/mol. The van der Waals surface area contributed by atoms with Crippen LogP contribution in [0.3, 0.4) is 0 Å². The first-order valence-corrected chi connectivity index (χ1v) is 7.23. The summed E-state index contributed by atoms with van der Waals surface area (Å²) in [4.78, 5) is 13.9. The molecular weight excluding hydrogens is 252 g/mol. The van der Waals surface area contributed by atoms with E-state index >= 15 is 0 Å². The highest BCUT2D eigenvalue weighted by Crippen LogP contribution is 2.41. The Morgan fingerprint density at radius 1 is 1.40 bits per heavy atom. The third kappa shape index (κ3) is 3.12. The second-order valence-corrected chi connectivity index (χ2v) is 6.04. The molecular formula is C16H24N2O2. The van der Waals surface area contributed by atoms with Gasteiger partial charge in [-0.05, 0) is 44.7 Å². The van der Waals surface area contributed by atoms with Crippen LogP contribution in [0.5, 0.6) is 0 Å².